The van der Waals surface area contributed by atoms with E-state index >= 15 is 0 Å². The molecule has 3 heterocycles. The third-order valence-corrected chi connectivity index (χ3v) is 6.22. The first-order valence-electron chi connectivity index (χ1n) is 10.5. The van der Waals surface area contributed by atoms with Gasteiger partial charge in [-0.05, 0) is 31.0 Å². The lowest BCUT2D eigenvalue weighted by atomic mass is 10.0. The molecule has 6 heteroatoms. The summed E-state index contributed by atoms with van der Waals surface area (Å²) in [6.45, 7) is 5.23. The molecule has 5 rings (SSSR count). The maximum atomic E-state index is 13.4. The molecular formula is C25H25N3O3. The molecule has 2 aromatic carbocycles. The van der Waals surface area contributed by atoms with Crippen LogP contribution in [-0.4, -0.2) is 20.3 Å². The van der Waals surface area contributed by atoms with Gasteiger partial charge in [-0.2, -0.15) is 0 Å². The standard InChI is InChI=1S/C25H25N3O3/c1-15-8-10-17(11-9-15)23-22-21-19(24(29)27(4)25(30)26(21)3)20(28(22)12-13-31-23)18-7-5-6-16(2)14-18/h5-11,14,23H,12-13H2,1-4H3/t23-/m0/s1. The summed E-state index contributed by atoms with van der Waals surface area (Å²) < 4.78 is 11.2. The van der Waals surface area contributed by atoms with Gasteiger partial charge in [0.15, 0.2) is 0 Å². The summed E-state index contributed by atoms with van der Waals surface area (Å²) in [5.74, 6) is 0. The first-order valence-corrected chi connectivity index (χ1v) is 10.5. The van der Waals surface area contributed by atoms with Crippen LogP contribution < -0.4 is 11.2 Å². The first-order chi connectivity index (χ1) is 14.9. The second-order valence-electron chi connectivity index (χ2n) is 8.35. The maximum Gasteiger partial charge on any atom is 0.331 e. The average molecular weight is 415 g/mol. The van der Waals surface area contributed by atoms with Crippen molar-refractivity contribution < 1.29 is 4.74 Å². The molecule has 158 valence electrons. The fourth-order valence-corrected chi connectivity index (χ4v) is 4.67. The number of ether oxygens (including phenoxy) is 1. The van der Waals surface area contributed by atoms with E-state index in [0.717, 1.165) is 28.1 Å². The summed E-state index contributed by atoms with van der Waals surface area (Å²) >= 11 is 0. The molecule has 0 saturated carbocycles. The second kappa shape index (κ2) is 7.10. The highest BCUT2D eigenvalue weighted by atomic mass is 16.5. The summed E-state index contributed by atoms with van der Waals surface area (Å²) in [5.41, 5.74) is 6.01. The molecule has 0 unspecified atom stereocenters. The van der Waals surface area contributed by atoms with Crippen LogP contribution in [0.4, 0.5) is 0 Å². The third-order valence-electron chi connectivity index (χ3n) is 6.22. The molecule has 2 aromatic heterocycles. The van der Waals surface area contributed by atoms with Gasteiger partial charge < -0.3 is 9.30 Å². The van der Waals surface area contributed by atoms with E-state index in [0.29, 0.717) is 24.1 Å². The SMILES string of the molecule is Cc1ccc([C@@H]2OCCn3c(-c4cccc(C)c4)c4c(=O)n(C)c(=O)n(C)c4c32)cc1. The van der Waals surface area contributed by atoms with Crippen molar-refractivity contribution in [2.24, 2.45) is 14.1 Å². The largest absolute Gasteiger partial charge is 0.365 e. The summed E-state index contributed by atoms with van der Waals surface area (Å²) in [6.07, 6.45) is -0.354. The summed E-state index contributed by atoms with van der Waals surface area (Å²) in [5, 5.41) is 0.563. The quantitative estimate of drug-likeness (QED) is 0.504. The van der Waals surface area contributed by atoms with E-state index in [2.05, 4.69) is 34.9 Å². The third kappa shape index (κ3) is 2.90. The van der Waals surface area contributed by atoms with Gasteiger partial charge in [0.2, 0.25) is 0 Å². The van der Waals surface area contributed by atoms with Crippen molar-refractivity contribution in [1.82, 2.24) is 13.7 Å². The number of benzene rings is 2. The zero-order chi connectivity index (χ0) is 21.9. The molecule has 0 amide bonds. The number of aromatic nitrogens is 3. The molecule has 1 atom stereocenters. The van der Waals surface area contributed by atoms with Gasteiger partial charge in [0.25, 0.3) is 5.56 Å². The Kier molecular flexibility index (Phi) is 4.48. The molecular weight excluding hydrogens is 390 g/mol. The number of hydrogen-bond donors (Lipinski definition) is 0. The van der Waals surface area contributed by atoms with Crippen molar-refractivity contribution in [2.75, 3.05) is 6.61 Å². The van der Waals surface area contributed by atoms with E-state index in [4.69, 9.17) is 4.74 Å². The molecule has 0 radical (unpaired) electrons. The zero-order valence-corrected chi connectivity index (χ0v) is 18.2. The lowest BCUT2D eigenvalue weighted by Crippen LogP contribution is -2.37. The van der Waals surface area contributed by atoms with E-state index < -0.39 is 0 Å². The van der Waals surface area contributed by atoms with Gasteiger partial charge in [-0.25, -0.2) is 4.79 Å². The Balaban J connectivity index is 1.94. The number of nitrogens with zero attached hydrogens (tertiary/aromatic N) is 3. The van der Waals surface area contributed by atoms with Crippen molar-refractivity contribution in [3.05, 3.63) is 91.8 Å². The van der Waals surface area contributed by atoms with Crippen LogP contribution in [0.1, 0.15) is 28.5 Å². The van der Waals surface area contributed by atoms with Crippen LogP contribution in [0.5, 0.6) is 0 Å². The highest BCUT2D eigenvalue weighted by Gasteiger charge is 2.33. The van der Waals surface area contributed by atoms with Gasteiger partial charge >= 0.3 is 5.69 Å². The second-order valence-corrected chi connectivity index (χ2v) is 8.35. The summed E-state index contributed by atoms with van der Waals surface area (Å²) in [4.78, 5) is 26.2. The first kappa shape index (κ1) is 19.6. The van der Waals surface area contributed by atoms with Crippen LogP contribution in [0.25, 0.3) is 22.2 Å². The Bertz CT molecular complexity index is 1440. The molecule has 0 aliphatic carbocycles. The van der Waals surface area contributed by atoms with Crippen LogP contribution in [0.15, 0.2) is 58.1 Å². The predicted molar refractivity (Wildman–Crippen MR) is 122 cm³/mol. The molecule has 6 nitrogen and oxygen atoms in total. The van der Waals surface area contributed by atoms with E-state index in [9.17, 15) is 9.59 Å². The highest BCUT2D eigenvalue weighted by Crippen LogP contribution is 2.40. The highest BCUT2D eigenvalue weighted by molar-refractivity contribution is 5.96. The fourth-order valence-electron chi connectivity index (χ4n) is 4.67. The minimum atomic E-state index is -0.354. The van der Waals surface area contributed by atoms with Gasteiger partial charge in [0.05, 0.1) is 28.9 Å². The molecule has 0 saturated heterocycles. The molecule has 1 aliphatic rings. The van der Waals surface area contributed by atoms with Crippen molar-refractivity contribution in [3.8, 4) is 11.3 Å². The topological polar surface area (TPSA) is 58.2 Å². The molecule has 0 N–H and O–H groups in total. The Morgan fingerprint density at radius 1 is 0.935 bits per heavy atom. The molecule has 0 bridgehead atoms. The number of rotatable bonds is 2. The Morgan fingerprint density at radius 3 is 2.39 bits per heavy atom. The monoisotopic (exact) mass is 415 g/mol. The van der Waals surface area contributed by atoms with Gasteiger partial charge in [-0.1, -0.05) is 53.6 Å². The van der Waals surface area contributed by atoms with Crippen molar-refractivity contribution in [1.29, 1.82) is 0 Å². The summed E-state index contributed by atoms with van der Waals surface area (Å²) in [7, 11) is 3.26. The van der Waals surface area contributed by atoms with Gasteiger partial charge in [0, 0.05) is 20.6 Å². The smallest absolute Gasteiger partial charge is 0.331 e. The lowest BCUT2D eigenvalue weighted by molar-refractivity contribution is 0.0478. The number of fused-ring (bicyclic) bond motifs is 3. The van der Waals surface area contributed by atoms with Crippen LogP contribution in [0.3, 0.4) is 0 Å². The van der Waals surface area contributed by atoms with Crippen molar-refractivity contribution in [2.45, 2.75) is 26.5 Å². The molecule has 0 fully saturated rings. The fraction of sp³-hybridized carbons (Fsp3) is 0.280. The zero-order valence-electron chi connectivity index (χ0n) is 18.2. The average Bonchev–Trinajstić information content (AvgIpc) is 3.12. The normalized spacial score (nSPS) is 15.9. The minimum Gasteiger partial charge on any atom is -0.365 e. The van der Waals surface area contributed by atoms with Crippen molar-refractivity contribution >= 4 is 10.9 Å². The van der Waals surface area contributed by atoms with Gasteiger partial charge in [-0.15, -0.1) is 0 Å². The number of hydrogen-bond acceptors (Lipinski definition) is 3. The van der Waals surface area contributed by atoms with Crippen LogP contribution in [0.2, 0.25) is 0 Å². The van der Waals surface area contributed by atoms with Crippen molar-refractivity contribution in [3.63, 3.8) is 0 Å². The van der Waals surface area contributed by atoms with Crippen LogP contribution in [0, 0.1) is 13.8 Å². The molecule has 31 heavy (non-hydrogen) atoms. The minimum absolute atomic E-state index is 0.279. The molecule has 4 aromatic rings. The van der Waals surface area contributed by atoms with E-state index in [1.165, 1.54) is 17.2 Å². The van der Waals surface area contributed by atoms with E-state index in [-0.39, 0.29) is 17.4 Å². The molecule has 1 aliphatic heterocycles. The van der Waals surface area contributed by atoms with E-state index in [1.54, 1.807) is 11.6 Å². The maximum absolute atomic E-state index is 13.4. The lowest BCUT2D eigenvalue weighted by Gasteiger charge is -2.28. The molecule has 0 spiro atoms. The van der Waals surface area contributed by atoms with E-state index in [1.807, 2.05) is 32.0 Å². The summed E-state index contributed by atoms with van der Waals surface area (Å²) in [6, 6.07) is 16.4. The van der Waals surface area contributed by atoms with Gasteiger partial charge in [-0.3, -0.25) is 13.9 Å². The Hall–Kier alpha value is -3.38. The Labute approximate surface area is 179 Å². The van der Waals surface area contributed by atoms with Gasteiger partial charge in [0.1, 0.15) is 6.10 Å². The van der Waals surface area contributed by atoms with Crippen LogP contribution >= 0.6 is 0 Å². The predicted octanol–water partition coefficient (Wildman–Crippen LogP) is 3.44. The van der Waals surface area contributed by atoms with Crippen LogP contribution in [-0.2, 0) is 25.4 Å². The number of aryl methyl sites for hydroxylation is 3. The Morgan fingerprint density at radius 2 is 1.68 bits per heavy atom.